The van der Waals surface area contributed by atoms with Crippen LogP contribution in [-0.2, 0) is 16.1 Å². The predicted molar refractivity (Wildman–Crippen MR) is 115 cm³/mol. The molecule has 1 heterocycles. The molecule has 2 amide bonds. The summed E-state index contributed by atoms with van der Waals surface area (Å²) in [6.07, 6.45) is 0. The molecular weight excluding hydrogens is 442 g/mol. The van der Waals surface area contributed by atoms with Gasteiger partial charge in [0.1, 0.15) is 22.2 Å². The van der Waals surface area contributed by atoms with Crippen LogP contribution in [0, 0.1) is 6.92 Å². The van der Waals surface area contributed by atoms with Crippen LogP contribution in [0.2, 0.25) is 5.02 Å². The summed E-state index contributed by atoms with van der Waals surface area (Å²) >= 11 is 6.96. The second kappa shape index (κ2) is 10.6. The van der Waals surface area contributed by atoms with Crippen molar-refractivity contribution in [2.24, 2.45) is 0 Å². The average Bonchev–Trinajstić information content (AvgIpc) is 3.16. The molecule has 160 valence electrons. The Hall–Kier alpha value is -3.43. The molecule has 0 saturated heterocycles. The van der Waals surface area contributed by atoms with E-state index in [0.29, 0.717) is 27.0 Å². The van der Waals surface area contributed by atoms with E-state index in [1.807, 2.05) is 0 Å². The van der Waals surface area contributed by atoms with Crippen LogP contribution in [0.4, 0.5) is 0 Å². The number of hydrogen-bond donors (Lipinski definition) is 2. The number of carbonyl (C=O) groups is 3. The van der Waals surface area contributed by atoms with E-state index in [9.17, 15) is 14.4 Å². The number of halogens is 1. The van der Waals surface area contributed by atoms with E-state index >= 15 is 0 Å². The summed E-state index contributed by atoms with van der Waals surface area (Å²) in [5.41, 5.74) is 5.30. The molecule has 0 atom stereocenters. The molecule has 2 N–H and O–H groups in total. The largest absolute Gasteiger partial charge is 0.486 e. The number of esters is 1. The lowest BCUT2D eigenvalue weighted by Gasteiger charge is -2.07. The lowest BCUT2D eigenvalue weighted by Crippen LogP contribution is -2.43. The second-order valence-electron chi connectivity index (χ2n) is 6.21. The molecule has 10 heteroatoms. The smallest absolute Gasteiger partial charge is 0.350 e. The number of aromatic nitrogens is 1. The van der Waals surface area contributed by atoms with E-state index in [4.69, 9.17) is 21.1 Å². The van der Waals surface area contributed by atoms with Crippen molar-refractivity contribution in [3.63, 3.8) is 0 Å². The molecule has 0 bridgehead atoms. The van der Waals surface area contributed by atoms with Crippen LogP contribution in [0.3, 0.4) is 0 Å². The summed E-state index contributed by atoms with van der Waals surface area (Å²) in [6.45, 7) is 1.29. The molecule has 0 unspecified atom stereocenters. The number of nitrogens with zero attached hydrogens (tertiary/aromatic N) is 1. The number of carbonyl (C=O) groups excluding carboxylic acids is 3. The standard InChI is InChI=1S/C21H18ClN3O5S/c1-13-19(31-18(23-13)12-29-16-9-7-15(22)8-10-16)21(28)30-11-17(26)24-25-20(27)14-5-3-2-4-6-14/h2-10H,11-12H2,1H3,(H,24,26)(H,25,27). The van der Waals surface area contributed by atoms with E-state index in [1.165, 1.54) is 0 Å². The lowest BCUT2D eigenvalue weighted by molar-refractivity contribution is -0.125. The van der Waals surface area contributed by atoms with Crippen molar-refractivity contribution < 1.29 is 23.9 Å². The molecule has 0 fully saturated rings. The minimum atomic E-state index is -0.683. The molecule has 1 aromatic heterocycles. The van der Waals surface area contributed by atoms with Gasteiger partial charge >= 0.3 is 5.97 Å². The maximum atomic E-state index is 12.3. The quantitative estimate of drug-likeness (QED) is 0.414. The Kier molecular flexibility index (Phi) is 7.58. The van der Waals surface area contributed by atoms with Crippen LogP contribution in [0.1, 0.15) is 30.7 Å². The van der Waals surface area contributed by atoms with Crippen molar-refractivity contribution in [2.75, 3.05) is 6.61 Å². The van der Waals surface area contributed by atoms with Crippen molar-refractivity contribution in [1.29, 1.82) is 0 Å². The van der Waals surface area contributed by atoms with E-state index in [0.717, 1.165) is 11.3 Å². The van der Waals surface area contributed by atoms with Gasteiger partial charge in [-0.1, -0.05) is 29.8 Å². The molecule has 0 aliphatic carbocycles. The fraction of sp³-hybridized carbons (Fsp3) is 0.143. The number of nitrogens with one attached hydrogen (secondary N) is 2. The van der Waals surface area contributed by atoms with E-state index in [1.54, 1.807) is 61.5 Å². The number of aryl methyl sites for hydroxylation is 1. The topological polar surface area (TPSA) is 107 Å². The number of thiazole rings is 1. The van der Waals surface area contributed by atoms with Gasteiger partial charge in [0.2, 0.25) is 0 Å². The molecule has 0 spiro atoms. The van der Waals surface area contributed by atoms with Gasteiger partial charge in [0.05, 0.1) is 5.69 Å². The van der Waals surface area contributed by atoms with Gasteiger partial charge < -0.3 is 9.47 Å². The first-order valence-electron chi connectivity index (χ1n) is 9.08. The predicted octanol–water partition coefficient (Wildman–Crippen LogP) is 3.30. The van der Waals surface area contributed by atoms with Crippen LogP contribution >= 0.6 is 22.9 Å². The summed E-state index contributed by atoms with van der Waals surface area (Å²) in [5.74, 6) is -1.22. The Morgan fingerprint density at radius 3 is 2.45 bits per heavy atom. The minimum Gasteiger partial charge on any atom is -0.486 e. The highest BCUT2D eigenvalue weighted by Gasteiger charge is 2.18. The first-order chi connectivity index (χ1) is 14.9. The Balaban J connectivity index is 1.46. The fourth-order valence-electron chi connectivity index (χ4n) is 2.40. The van der Waals surface area contributed by atoms with Crippen LogP contribution in [0.5, 0.6) is 5.75 Å². The Morgan fingerprint density at radius 2 is 1.74 bits per heavy atom. The third-order valence-electron chi connectivity index (χ3n) is 3.89. The lowest BCUT2D eigenvalue weighted by atomic mass is 10.2. The molecule has 0 aliphatic heterocycles. The van der Waals surface area contributed by atoms with Gasteiger partial charge in [-0.25, -0.2) is 9.78 Å². The summed E-state index contributed by atoms with van der Waals surface area (Å²) in [4.78, 5) is 40.6. The van der Waals surface area contributed by atoms with Crippen molar-refractivity contribution in [2.45, 2.75) is 13.5 Å². The third kappa shape index (κ3) is 6.53. The van der Waals surface area contributed by atoms with E-state index in [2.05, 4.69) is 15.8 Å². The third-order valence-corrected chi connectivity index (χ3v) is 5.25. The summed E-state index contributed by atoms with van der Waals surface area (Å²) < 4.78 is 10.6. The highest BCUT2D eigenvalue weighted by Crippen LogP contribution is 2.22. The monoisotopic (exact) mass is 459 g/mol. The number of amides is 2. The first kappa shape index (κ1) is 22.3. The summed E-state index contributed by atoms with van der Waals surface area (Å²) in [7, 11) is 0. The van der Waals surface area contributed by atoms with Gasteiger partial charge in [-0.05, 0) is 43.3 Å². The Labute approximate surface area is 187 Å². The van der Waals surface area contributed by atoms with E-state index in [-0.39, 0.29) is 11.5 Å². The molecule has 0 aliphatic rings. The summed E-state index contributed by atoms with van der Waals surface area (Å²) in [5, 5.41) is 1.19. The zero-order chi connectivity index (χ0) is 22.2. The normalized spacial score (nSPS) is 10.3. The summed E-state index contributed by atoms with van der Waals surface area (Å²) in [6, 6.07) is 15.2. The number of rotatable bonds is 7. The highest BCUT2D eigenvalue weighted by atomic mass is 35.5. The minimum absolute atomic E-state index is 0.173. The van der Waals surface area contributed by atoms with Crippen molar-refractivity contribution in [1.82, 2.24) is 15.8 Å². The molecule has 8 nitrogen and oxygen atoms in total. The second-order valence-corrected chi connectivity index (χ2v) is 7.73. The Morgan fingerprint density at radius 1 is 1.03 bits per heavy atom. The molecule has 0 saturated carbocycles. The number of benzene rings is 2. The van der Waals surface area contributed by atoms with Crippen molar-refractivity contribution in [3.05, 3.63) is 80.8 Å². The van der Waals surface area contributed by atoms with Gasteiger partial charge in [0, 0.05) is 10.6 Å². The van der Waals surface area contributed by atoms with Gasteiger partial charge in [-0.3, -0.25) is 20.4 Å². The molecule has 3 rings (SSSR count). The molecule has 0 radical (unpaired) electrons. The molecule has 31 heavy (non-hydrogen) atoms. The maximum absolute atomic E-state index is 12.3. The molecule has 2 aromatic carbocycles. The zero-order valence-corrected chi connectivity index (χ0v) is 18.0. The zero-order valence-electron chi connectivity index (χ0n) is 16.4. The number of hydrogen-bond acceptors (Lipinski definition) is 7. The van der Waals surface area contributed by atoms with Crippen LogP contribution < -0.4 is 15.6 Å². The molecular formula is C21H18ClN3O5S. The fourth-order valence-corrected chi connectivity index (χ4v) is 3.40. The number of hydrazine groups is 1. The first-order valence-corrected chi connectivity index (χ1v) is 10.3. The van der Waals surface area contributed by atoms with Gasteiger partial charge in [0.25, 0.3) is 11.8 Å². The van der Waals surface area contributed by atoms with Crippen LogP contribution in [0.15, 0.2) is 54.6 Å². The average molecular weight is 460 g/mol. The van der Waals surface area contributed by atoms with Crippen molar-refractivity contribution >= 4 is 40.7 Å². The molecule has 3 aromatic rings. The van der Waals surface area contributed by atoms with Gasteiger partial charge in [-0.15, -0.1) is 11.3 Å². The SMILES string of the molecule is Cc1nc(COc2ccc(Cl)cc2)sc1C(=O)OCC(=O)NNC(=O)c1ccccc1. The van der Waals surface area contributed by atoms with Crippen LogP contribution in [0.25, 0.3) is 0 Å². The van der Waals surface area contributed by atoms with E-state index < -0.39 is 24.4 Å². The van der Waals surface area contributed by atoms with Crippen molar-refractivity contribution in [3.8, 4) is 5.75 Å². The number of ether oxygens (including phenoxy) is 2. The maximum Gasteiger partial charge on any atom is 0.350 e. The highest BCUT2D eigenvalue weighted by molar-refractivity contribution is 7.13. The van der Waals surface area contributed by atoms with Gasteiger partial charge in [0.15, 0.2) is 6.61 Å². The Bertz CT molecular complexity index is 1070. The van der Waals surface area contributed by atoms with Gasteiger partial charge in [-0.2, -0.15) is 0 Å². The van der Waals surface area contributed by atoms with Crippen LogP contribution in [-0.4, -0.2) is 29.4 Å².